The van der Waals surface area contributed by atoms with Crippen LogP contribution in [0.15, 0.2) is 46.8 Å². The van der Waals surface area contributed by atoms with E-state index >= 15 is 0 Å². The van der Waals surface area contributed by atoms with Crippen molar-refractivity contribution in [3.63, 3.8) is 0 Å². The highest BCUT2D eigenvalue weighted by molar-refractivity contribution is 6.12. The van der Waals surface area contributed by atoms with E-state index in [0.717, 1.165) is 0 Å². The van der Waals surface area contributed by atoms with Crippen molar-refractivity contribution in [2.45, 2.75) is 46.1 Å². The average Bonchev–Trinajstić information content (AvgIpc) is 2.66. The van der Waals surface area contributed by atoms with E-state index in [2.05, 4.69) is 5.32 Å². The third-order valence-corrected chi connectivity index (χ3v) is 5.51. The van der Waals surface area contributed by atoms with Crippen molar-refractivity contribution in [1.82, 2.24) is 5.32 Å². The Morgan fingerprint density at radius 1 is 1.20 bits per heavy atom. The molecule has 1 aromatic rings. The molecule has 0 spiro atoms. The van der Waals surface area contributed by atoms with Crippen LogP contribution in [0.3, 0.4) is 0 Å². The van der Waals surface area contributed by atoms with Crippen molar-refractivity contribution in [3.05, 3.63) is 58.2 Å². The molecule has 0 bridgehead atoms. The van der Waals surface area contributed by atoms with E-state index in [-0.39, 0.29) is 23.4 Å². The SMILES string of the molecule is COC(=O)[C@@H]1C(=O)C2=C(C[C@H]1C)NC(C)=C(C(=O)OC(C)C)[C@H]2c1ccc(F)cc1. The summed E-state index contributed by atoms with van der Waals surface area (Å²) < 4.78 is 23.9. The fourth-order valence-electron chi connectivity index (χ4n) is 4.22. The highest BCUT2D eigenvalue weighted by atomic mass is 19.1. The van der Waals surface area contributed by atoms with E-state index in [1.807, 2.05) is 6.92 Å². The van der Waals surface area contributed by atoms with Gasteiger partial charge in [0.05, 0.1) is 18.8 Å². The Balaban J connectivity index is 2.17. The van der Waals surface area contributed by atoms with Gasteiger partial charge in [-0.3, -0.25) is 9.59 Å². The molecule has 3 atom stereocenters. The van der Waals surface area contributed by atoms with E-state index in [1.165, 1.54) is 19.2 Å². The van der Waals surface area contributed by atoms with Gasteiger partial charge < -0.3 is 14.8 Å². The predicted octanol–water partition coefficient (Wildman–Crippen LogP) is 3.39. The lowest BCUT2D eigenvalue weighted by Crippen LogP contribution is -2.43. The van der Waals surface area contributed by atoms with Crippen molar-refractivity contribution in [2.75, 3.05) is 7.11 Å². The topological polar surface area (TPSA) is 81.7 Å². The molecule has 1 aliphatic heterocycles. The summed E-state index contributed by atoms with van der Waals surface area (Å²) in [5, 5.41) is 3.18. The maximum atomic E-state index is 13.6. The number of benzene rings is 1. The molecule has 7 heteroatoms. The summed E-state index contributed by atoms with van der Waals surface area (Å²) in [7, 11) is 1.25. The van der Waals surface area contributed by atoms with E-state index in [4.69, 9.17) is 9.47 Å². The molecule has 0 saturated heterocycles. The second-order valence-corrected chi connectivity index (χ2v) is 8.04. The summed E-state index contributed by atoms with van der Waals surface area (Å²) in [6.45, 7) is 7.04. The standard InChI is InChI=1S/C23H26FNO5/c1-11(2)30-23(28)18-13(4)25-16-10-12(3)17(22(27)29-5)21(26)20(16)19(18)14-6-8-15(24)9-7-14/h6-9,11-12,17,19,25H,10H2,1-5H3/t12-,17+,19-/m1/s1. The number of dihydropyridines is 1. The Morgan fingerprint density at radius 3 is 2.40 bits per heavy atom. The third-order valence-electron chi connectivity index (χ3n) is 5.51. The van der Waals surface area contributed by atoms with Gasteiger partial charge in [0.15, 0.2) is 5.78 Å². The summed E-state index contributed by atoms with van der Waals surface area (Å²) >= 11 is 0. The molecule has 0 saturated carbocycles. The Labute approximate surface area is 175 Å². The van der Waals surface area contributed by atoms with Crippen LogP contribution in [0, 0.1) is 17.7 Å². The van der Waals surface area contributed by atoms with Crippen LogP contribution in [0.5, 0.6) is 0 Å². The van der Waals surface area contributed by atoms with Crippen LogP contribution in [0.4, 0.5) is 4.39 Å². The molecule has 1 aliphatic carbocycles. The molecular weight excluding hydrogens is 389 g/mol. The molecule has 1 aromatic carbocycles. The number of carbonyl (C=O) groups excluding carboxylic acids is 3. The number of carbonyl (C=O) groups is 3. The van der Waals surface area contributed by atoms with Crippen molar-refractivity contribution in [2.24, 2.45) is 11.8 Å². The Bertz CT molecular complexity index is 945. The zero-order chi connectivity index (χ0) is 22.2. The zero-order valence-corrected chi connectivity index (χ0v) is 17.7. The molecular formula is C23H26FNO5. The second kappa shape index (κ2) is 8.42. The number of Topliss-reactive ketones (excluding diaryl/α,β-unsaturated/α-hetero) is 1. The van der Waals surface area contributed by atoms with Gasteiger partial charge in [-0.2, -0.15) is 0 Å². The lowest BCUT2D eigenvalue weighted by Gasteiger charge is -2.38. The molecule has 6 nitrogen and oxygen atoms in total. The van der Waals surface area contributed by atoms with Crippen LogP contribution in [0.25, 0.3) is 0 Å². The van der Waals surface area contributed by atoms with Gasteiger partial charge in [0.25, 0.3) is 0 Å². The van der Waals surface area contributed by atoms with Gasteiger partial charge >= 0.3 is 11.9 Å². The van der Waals surface area contributed by atoms with Gasteiger partial charge in [-0.05, 0) is 50.8 Å². The van der Waals surface area contributed by atoms with E-state index in [1.54, 1.807) is 32.9 Å². The average molecular weight is 415 g/mol. The van der Waals surface area contributed by atoms with Crippen molar-refractivity contribution in [1.29, 1.82) is 0 Å². The minimum atomic E-state index is -0.959. The van der Waals surface area contributed by atoms with Crippen LogP contribution in [-0.2, 0) is 23.9 Å². The molecule has 3 rings (SSSR count). The normalized spacial score (nSPS) is 23.8. The molecule has 0 aromatic heterocycles. The Kier molecular flexibility index (Phi) is 6.10. The predicted molar refractivity (Wildman–Crippen MR) is 108 cm³/mol. The fraction of sp³-hybridized carbons (Fsp3) is 0.435. The van der Waals surface area contributed by atoms with Crippen LogP contribution < -0.4 is 5.32 Å². The molecule has 0 amide bonds. The highest BCUT2D eigenvalue weighted by Gasteiger charge is 2.47. The number of rotatable bonds is 4. The minimum Gasteiger partial charge on any atom is -0.468 e. The number of halogens is 1. The molecule has 0 unspecified atom stereocenters. The number of methoxy groups -OCH3 is 1. The van der Waals surface area contributed by atoms with Gasteiger partial charge in [0.2, 0.25) is 0 Å². The summed E-state index contributed by atoms with van der Waals surface area (Å²) in [4.78, 5) is 38.8. The number of allylic oxidation sites excluding steroid dienone is 3. The third kappa shape index (κ3) is 3.88. The maximum absolute atomic E-state index is 13.6. The summed E-state index contributed by atoms with van der Waals surface area (Å²) in [6.07, 6.45) is 0.0921. The molecule has 2 aliphatic rings. The first kappa shape index (κ1) is 21.7. The second-order valence-electron chi connectivity index (χ2n) is 8.04. The number of hydrogen-bond donors (Lipinski definition) is 1. The Hall–Kier alpha value is -2.96. The summed E-state index contributed by atoms with van der Waals surface area (Å²) in [5.74, 6) is -3.96. The van der Waals surface area contributed by atoms with Crippen molar-refractivity contribution in [3.8, 4) is 0 Å². The van der Waals surface area contributed by atoms with Gasteiger partial charge in [-0.25, -0.2) is 9.18 Å². The van der Waals surface area contributed by atoms with Crippen molar-refractivity contribution < 1.29 is 28.2 Å². The van der Waals surface area contributed by atoms with E-state index in [9.17, 15) is 18.8 Å². The van der Waals surface area contributed by atoms with Crippen LogP contribution in [0.1, 0.15) is 45.6 Å². The van der Waals surface area contributed by atoms with E-state index < -0.39 is 29.6 Å². The quantitative estimate of drug-likeness (QED) is 0.600. The van der Waals surface area contributed by atoms with Crippen molar-refractivity contribution >= 4 is 17.7 Å². The highest BCUT2D eigenvalue weighted by Crippen LogP contribution is 2.45. The Morgan fingerprint density at radius 2 is 1.83 bits per heavy atom. The number of nitrogens with one attached hydrogen (secondary N) is 1. The molecule has 1 heterocycles. The molecule has 160 valence electrons. The summed E-state index contributed by atoms with van der Waals surface area (Å²) in [6, 6.07) is 5.66. The minimum absolute atomic E-state index is 0.262. The van der Waals surface area contributed by atoms with Gasteiger partial charge in [0.1, 0.15) is 11.7 Å². The molecule has 30 heavy (non-hydrogen) atoms. The largest absolute Gasteiger partial charge is 0.468 e. The van der Waals surface area contributed by atoms with Crippen LogP contribution in [-0.4, -0.2) is 30.9 Å². The van der Waals surface area contributed by atoms with E-state index in [0.29, 0.717) is 29.0 Å². The lowest BCUT2D eigenvalue weighted by molar-refractivity contribution is -0.151. The monoisotopic (exact) mass is 415 g/mol. The van der Waals surface area contributed by atoms with Crippen LogP contribution in [0.2, 0.25) is 0 Å². The van der Waals surface area contributed by atoms with Gasteiger partial charge in [0, 0.05) is 22.9 Å². The maximum Gasteiger partial charge on any atom is 0.337 e. The van der Waals surface area contributed by atoms with Crippen LogP contribution >= 0.6 is 0 Å². The fourth-order valence-corrected chi connectivity index (χ4v) is 4.22. The number of hydrogen-bond acceptors (Lipinski definition) is 6. The number of ether oxygens (including phenoxy) is 2. The zero-order valence-electron chi connectivity index (χ0n) is 17.7. The first-order valence-electron chi connectivity index (χ1n) is 9.95. The lowest BCUT2D eigenvalue weighted by atomic mass is 9.69. The first-order valence-corrected chi connectivity index (χ1v) is 9.95. The molecule has 0 radical (unpaired) electrons. The summed E-state index contributed by atoms with van der Waals surface area (Å²) in [5.41, 5.74) is 2.43. The van der Waals surface area contributed by atoms with Gasteiger partial charge in [-0.1, -0.05) is 19.1 Å². The number of ketones is 1. The molecule has 1 N–H and O–H groups in total. The smallest absolute Gasteiger partial charge is 0.337 e. The van der Waals surface area contributed by atoms with Gasteiger partial charge in [-0.15, -0.1) is 0 Å². The number of esters is 2. The first-order chi connectivity index (χ1) is 14.1. The molecule has 0 fully saturated rings.